The molecular formula is C17H26ClN3O. The van der Waals surface area contributed by atoms with Crippen LogP contribution in [0.5, 0.6) is 0 Å². The minimum absolute atomic E-state index is 0.104. The predicted molar refractivity (Wildman–Crippen MR) is 89.6 cm³/mol. The molecule has 1 atom stereocenters. The van der Waals surface area contributed by atoms with Crippen molar-refractivity contribution in [2.75, 3.05) is 11.9 Å². The third kappa shape index (κ3) is 3.38. The van der Waals surface area contributed by atoms with E-state index in [-0.39, 0.29) is 5.60 Å². The topological polar surface area (TPSA) is 47.0 Å². The number of hydrogen-bond donors (Lipinski definition) is 1. The van der Waals surface area contributed by atoms with Gasteiger partial charge < -0.3 is 10.1 Å². The van der Waals surface area contributed by atoms with Crippen LogP contribution in [0.15, 0.2) is 0 Å². The molecule has 2 heterocycles. The van der Waals surface area contributed by atoms with Crippen molar-refractivity contribution in [3.8, 4) is 0 Å². The second kappa shape index (κ2) is 6.71. The van der Waals surface area contributed by atoms with Gasteiger partial charge in [0, 0.05) is 18.2 Å². The van der Waals surface area contributed by atoms with E-state index in [0.29, 0.717) is 11.2 Å². The van der Waals surface area contributed by atoms with Crippen molar-refractivity contribution in [1.82, 2.24) is 9.97 Å². The summed E-state index contributed by atoms with van der Waals surface area (Å²) >= 11 is 6.28. The first kappa shape index (κ1) is 16.0. The first-order valence-electron chi connectivity index (χ1n) is 8.55. The monoisotopic (exact) mass is 323 g/mol. The number of anilines is 1. The van der Waals surface area contributed by atoms with E-state index < -0.39 is 0 Å². The Labute approximate surface area is 138 Å². The molecule has 1 saturated heterocycles. The molecule has 1 saturated carbocycles. The van der Waals surface area contributed by atoms with Crippen molar-refractivity contribution < 1.29 is 4.74 Å². The summed E-state index contributed by atoms with van der Waals surface area (Å²) in [5.41, 5.74) is 1.13. The lowest BCUT2D eigenvalue weighted by Gasteiger charge is -2.43. The van der Waals surface area contributed by atoms with E-state index in [1.165, 1.54) is 32.1 Å². The zero-order valence-corrected chi connectivity index (χ0v) is 14.4. The van der Waals surface area contributed by atoms with Crippen molar-refractivity contribution in [2.24, 2.45) is 0 Å². The molecule has 3 rings (SSSR count). The Balaban J connectivity index is 1.75. The molecule has 22 heavy (non-hydrogen) atoms. The molecule has 1 unspecified atom stereocenters. The summed E-state index contributed by atoms with van der Waals surface area (Å²) in [6.45, 7) is 4.83. The van der Waals surface area contributed by atoms with Crippen molar-refractivity contribution in [3.63, 3.8) is 0 Å². The van der Waals surface area contributed by atoms with Gasteiger partial charge in [0.25, 0.3) is 0 Å². The molecule has 0 radical (unpaired) electrons. The van der Waals surface area contributed by atoms with E-state index in [4.69, 9.17) is 16.3 Å². The van der Waals surface area contributed by atoms with Crippen LogP contribution in [0.4, 0.5) is 5.82 Å². The van der Waals surface area contributed by atoms with Crippen LogP contribution in [0.2, 0.25) is 5.15 Å². The van der Waals surface area contributed by atoms with Crippen LogP contribution in [0.25, 0.3) is 0 Å². The Morgan fingerprint density at radius 3 is 2.77 bits per heavy atom. The van der Waals surface area contributed by atoms with E-state index >= 15 is 0 Å². The summed E-state index contributed by atoms with van der Waals surface area (Å²) in [5, 5.41) is 4.22. The highest BCUT2D eigenvalue weighted by Crippen LogP contribution is 2.39. The smallest absolute Gasteiger partial charge is 0.138 e. The van der Waals surface area contributed by atoms with E-state index in [1.54, 1.807) is 0 Å². The number of halogens is 1. The molecular weight excluding hydrogens is 298 g/mol. The highest BCUT2D eigenvalue weighted by molar-refractivity contribution is 6.30. The standard InChI is InChI=1S/C17H26ClN3O/c1-3-14-15(18)19-12(2)20-16(14)21-13-7-10-22-17(11-13)8-5-4-6-9-17/h13H,3-11H2,1-2H3,(H,19,20,21). The molecule has 1 aromatic heterocycles. The minimum Gasteiger partial charge on any atom is -0.375 e. The van der Waals surface area contributed by atoms with Crippen LogP contribution < -0.4 is 5.32 Å². The minimum atomic E-state index is 0.104. The average molecular weight is 324 g/mol. The van der Waals surface area contributed by atoms with E-state index in [9.17, 15) is 0 Å². The second-order valence-corrected chi connectivity index (χ2v) is 7.03. The van der Waals surface area contributed by atoms with Crippen molar-refractivity contribution >= 4 is 17.4 Å². The number of rotatable bonds is 3. The van der Waals surface area contributed by atoms with Crippen LogP contribution in [0.1, 0.15) is 63.3 Å². The lowest BCUT2D eigenvalue weighted by Crippen LogP contribution is -2.45. The van der Waals surface area contributed by atoms with E-state index in [2.05, 4.69) is 22.2 Å². The van der Waals surface area contributed by atoms with Gasteiger partial charge in [-0.3, -0.25) is 0 Å². The molecule has 122 valence electrons. The number of hydrogen-bond acceptors (Lipinski definition) is 4. The molecule has 1 aliphatic heterocycles. The molecule has 5 heteroatoms. The van der Waals surface area contributed by atoms with Crippen molar-refractivity contribution in [1.29, 1.82) is 0 Å². The van der Waals surface area contributed by atoms with Crippen LogP contribution in [0.3, 0.4) is 0 Å². The molecule has 1 N–H and O–H groups in total. The molecule has 0 bridgehead atoms. The summed E-state index contributed by atoms with van der Waals surface area (Å²) in [6, 6.07) is 0.419. The number of aryl methyl sites for hydroxylation is 1. The maximum atomic E-state index is 6.28. The van der Waals surface area contributed by atoms with Gasteiger partial charge in [0.2, 0.25) is 0 Å². The maximum absolute atomic E-state index is 6.28. The number of nitrogens with zero attached hydrogens (tertiary/aromatic N) is 2. The Morgan fingerprint density at radius 1 is 1.27 bits per heavy atom. The lowest BCUT2D eigenvalue weighted by molar-refractivity contribution is -0.103. The number of ether oxygens (including phenoxy) is 1. The van der Waals surface area contributed by atoms with Gasteiger partial charge in [-0.25, -0.2) is 9.97 Å². The lowest BCUT2D eigenvalue weighted by atomic mass is 9.78. The Morgan fingerprint density at radius 2 is 2.05 bits per heavy atom. The van der Waals surface area contributed by atoms with Gasteiger partial charge in [-0.15, -0.1) is 0 Å². The zero-order chi connectivity index (χ0) is 15.6. The highest BCUT2D eigenvalue weighted by atomic mass is 35.5. The molecule has 1 aromatic rings. The first-order valence-corrected chi connectivity index (χ1v) is 8.93. The second-order valence-electron chi connectivity index (χ2n) is 6.67. The first-order chi connectivity index (χ1) is 10.6. The largest absolute Gasteiger partial charge is 0.375 e. The molecule has 1 spiro atoms. The molecule has 2 aliphatic rings. The molecule has 2 fully saturated rings. The Bertz CT molecular complexity index is 523. The van der Waals surface area contributed by atoms with Crippen molar-refractivity contribution in [3.05, 3.63) is 16.5 Å². The third-order valence-electron chi connectivity index (χ3n) is 5.02. The zero-order valence-electron chi connectivity index (χ0n) is 13.6. The van der Waals surface area contributed by atoms with Gasteiger partial charge in [-0.05, 0) is 39.0 Å². The maximum Gasteiger partial charge on any atom is 0.138 e. The fraction of sp³-hybridized carbons (Fsp3) is 0.765. The number of aromatic nitrogens is 2. The quantitative estimate of drug-likeness (QED) is 0.843. The van der Waals surface area contributed by atoms with Gasteiger partial charge in [-0.2, -0.15) is 0 Å². The fourth-order valence-electron chi connectivity index (χ4n) is 3.88. The molecule has 0 aromatic carbocycles. The third-order valence-corrected chi connectivity index (χ3v) is 5.33. The summed E-state index contributed by atoms with van der Waals surface area (Å²) in [4.78, 5) is 8.86. The van der Waals surface area contributed by atoms with Gasteiger partial charge in [0.1, 0.15) is 16.8 Å². The van der Waals surface area contributed by atoms with Crippen LogP contribution in [-0.2, 0) is 11.2 Å². The molecule has 4 nitrogen and oxygen atoms in total. The predicted octanol–water partition coefficient (Wildman–Crippen LogP) is 4.29. The fourth-order valence-corrected chi connectivity index (χ4v) is 4.23. The summed E-state index contributed by atoms with van der Waals surface area (Å²) in [5.74, 6) is 1.64. The van der Waals surface area contributed by atoms with E-state index in [1.807, 2.05) is 6.92 Å². The van der Waals surface area contributed by atoms with E-state index in [0.717, 1.165) is 43.1 Å². The average Bonchev–Trinajstić information content (AvgIpc) is 2.48. The highest BCUT2D eigenvalue weighted by Gasteiger charge is 2.38. The van der Waals surface area contributed by atoms with Crippen LogP contribution in [0, 0.1) is 6.92 Å². The Hall–Kier alpha value is -0.870. The molecule has 0 amide bonds. The van der Waals surface area contributed by atoms with Crippen molar-refractivity contribution in [2.45, 2.75) is 76.9 Å². The summed E-state index contributed by atoms with van der Waals surface area (Å²) in [7, 11) is 0. The Kier molecular flexibility index (Phi) is 4.88. The van der Waals surface area contributed by atoms with Crippen LogP contribution >= 0.6 is 11.6 Å². The summed E-state index contributed by atoms with van der Waals surface area (Å²) < 4.78 is 6.18. The SMILES string of the molecule is CCc1c(Cl)nc(C)nc1NC1CCOC2(CCCCC2)C1. The molecule has 1 aliphatic carbocycles. The van der Waals surface area contributed by atoms with Gasteiger partial charge >= 0.3 is 0 Å². The van der Waals surface area contributed by atoms with Gasteiger partial charge in [0.15, 0.2) is 0 Å². The normalized spacial score (nSPS) is 24.4. The van der Waals surface area contributed by atoms with Crippen LogP contribution in [-0.4, -0.2) is 28.2 Å². The van der Waals surface area contributed by atoms with Gasteiger partial charge in [-0.1, -0.05) is 37.8 Å². The number of nitrogens with one attached hydrogen (secondary N) is 1. The summed E-state index contributed by atoms with van der Waals surface area (Å²) in [6.07, 6.45) is 9.31. The van der Waals surface area contributed by atoms with Gasteiger partial charge in [0.05, 0.1) is 5.60 Å².